The van der Waals surface area contributed by atoms with Crippen LogP contribution in [0, 0.1) is 0 Å². The fourth-order valence-corrected chi connectivity index (χ4v) is 1.83. The number of H-pyrrole nitrogens is 1. The molecular formula is C15H19N3O3. The number of hydrogen-bond acceptors (Lipinski definition) is 4. The SMILES string of the molecule is COc1ccc(OCCC(=O)NC(C)c2cn[nH]c2)cc1. The first kappa shape index (κ1) is 14.9. The van der Waals surface area contributed by atoms with Crippen molar-refractivity contribution < 1.29 is 14.3 Å². The van der Waals surface area contributed by atoms with E-state index >= 15 is 0 Å². The van der Waals surface area contributed by atoms with Crippen LogP contribution in [0.15, 0.2) is 36.7 Å². The van der Waals surface area contributed by atoms with Crippen LogP contribution in [-0.4, -0.2) is 29.8 Å². The average Bonchev–Trinajstić information content (AvgIpc) is 3.02. The lowest BCUT2D eigenvalue weighted by Crippen LogP contribution is -2.27. The fourth-order valence-electron chi connectivity index (χ4n) is 1.83. The number of aromatic nitrogens is 2. The van der Waals surface area contributed by atoms with E-state index in [1.54, 1.807) is 19.5 Å². The number of nitrogens with zero attached hydrogens (tertiary/aromatic N) is 1. The van der Waals surface area contributed by atoms with Crippen molar-refractivity contribution in [3.8, 4) is 11.5 Å². The summed E-state index contributed by atoms with van der Waals surface area (Å²) >= 11 is 0. The first-order valence-corrected chi connectivity index (χ1v) is 6.74. The third-order valence-corrected chi connectivity index (χ3v) is 3.05. The van der Waals surface area contributed by atoms with Crippen molar-refractivity contribution in [2.75, 3.05) is 13.7 Å². The van der Waals surface area contributed by atoms with Gasteiger partial charge in [-0.1, -0.05) is 0 Å². The third-order valence-electron chi connectivity index (χ3n) is 3.05. The smallest absolute Gasteiger partial charge is 0.223 e. The van der Waals surface area contributed by atoms with E-state index in [4.69, 9.17) is 9.47 Å². The Hall–Kier alpha value is -2.50. The summed E-state index contributed by atoms with van der Waals surface area (Å²) in [4.78, 5) is 11.8. The van der Waals surface area contributed by atoms with Crippen LogP contribution in [0.2, 0.25) is 0 Å². The first-order chi connectivity index (χ1) is 10.2. The molecule has 1 aromatic carbocycles. The van der Waals surface area contributed by atoms with Crippen molar-refractivity contribution >= 4 is 5.91 Å². The zero-order chi connectivity index (χ0) is 15.1. The van der Waals surface area contributed by atoms with E-state index in [-0.39, 0.29) is 11.9 Å². The van der Waals surface area contributed by atoms with Crippen molar-refractivity contribution in [3.63, 3.8) is 0 Å². The molecule has 0 spiro atoms. The molecule has 21 heavy (non-hydrogen) atoms. The molecule has 2 aromatic rings. The summed E-state index contributed by atoms with van der Waals surface area (Å²) in [6.45, 7) is 2.24. The van der Waals surface area contributed by atoms with Crippen LogP contribution >= 0.6 is 0 Å². The molecule has 0 aliphatic heterocycles. The molecule has 0 bridgehead atoms. The quantitative estimate of drug-likeness (QED) is 0.818. The Labute approximate surface area is 123 Å². The number of carbonyl (C=O) groups excluding carboxylic acids is 1. The molecule has 0 aliphatic rings. The van der Waals surface area contributed by atoms with Gasteiger partial charge < -0.3 is 14.8 Å². The van der Waals surface area contributed by atoms with Gasteiger partial charge in [-0.25, -0.2) is 0 Å². The number of carbonyl (C=O) groups is 1. The van der Waals surface area contributed by atoms with E-state index < -0.39 is 0 Å². The minimum absolute atomic E-state index is 0.0581. The van der Waals surface area contributed by atoms with Gasteiger partial charge >= 0.3 is 0 Å². The largest absolute Gasteiger partial charge is 0.497 e. The molecule has 1 amide bonds. The number of nitrogens with one attached hydrogen (secondary N) is 2. The molecule has 6 nitrogen and oxygen atoms in total. The van der Waals surface area contributed by atoms with Gasteiger partial charge in [-0.2, -0.15) is 5.10 Å². The summed E-state index contributed by atoms with van der Waals surface area (Å²) in [6.07, 6.45) is 3.76. The predicted octanol–water partition coefficient (Wildman–Crippen LogP) is 2.06. The zero-order valence-electron chi connectivity index (χ0n) is 12.1. The molecule has 2 rings (SSSR count). The topological polar surface area (TPSA) is 76.2 Å². The van der Waals surface area contributed by atoms with E-state index in [9.17, 15) is 4.79 Å². The van der Waals surface area contributed by atoms with E-state index in [1.807, 2.05) is 31.2 Å². The number of ether oxygens (including phenoxy) is 2. The molecule has 0 fully saturated rings. The van der Waals surface area contributed by atoms with Gasteiger partial charge in [-0.3, -0.25) is 9.89 Å². The molecule has 1 aromatic heterocycles. The molecule has 0 radical (unpaired) electrons. The second-order valence-corrected chi connectivity index (χ2v) is 4.59. The average molecular weight is 289 g/mol. The maximum atomic E-state index is 11.8. The van der Waals surface area contributed by atoms with Crippen molar-refractivity contribution in [1.82, 2.24) is 15.5 Å². The molecule has 1 atom stereocenters. The van der Waals surface area contributed by atoms with Crippen LogP contribution in [-0.2, 0) is 4.79 Å². The van der Waals surface area contributed by atoms with Crippen LogP contribution in [0.4, 0.5) is 0 Å². The second-order valence-electron chi connectivity index (χ2n) is 4.59. The lowest BCUT2D eigenvalue weighted by molar-refractivity contribution is -0.122. The summed E-state index contributed by atoms with van der Waals surface area (Å²) in [6, 6.07) is 7.18. The van der Waals surface area contributed by atoms with Crippen molar-refractivity contribution in [1.29, 1.82) is 0 Å². The van der Waals surface area contributed by atoms with E-state index in [0.717, 1.165) is 11.3 Å². The van der Waals surface area contributed by atoms with Gasteiger partial charge in [0.05, 0.1) is 32.4 Å². The molecule has 1 unspecified atom stereocenters. The molecule has 112 valence electrons. The number of aromatic amines is 1. The van der Waals surface area contributed by atoms with Crippen LogP contribution in [0.1, 0.15) is 24.9 Å². The highest BCUT2D eigenvalue weighted by Gasteiger charge is 2.10. The molecule has 0 aliphatic carbocycles. The second kappa shape index (κ2) is 7.33. The summed E-state index contributed by atoms with van der Waals surface area (Å²) in [7, 11) is 1.61. The van der Waals surface area contributed by atoms with Gasteiger partial charge in [-0.05, 0) is 31.2 Å². The van der Waals surface area contributed by atoms with Crippen LogP contribution in [0.25, 0.3) is 0 Å². The summed E-state index contributed by atoms with van der Waals surface area (Å²) in [5.41, 5.74) is 0.944. The first-order valence-electron chi connectivity index (χ1n) is 6.74. The zero-order valence-corrected chi connectivity index (χ0v) is 12.1. The van der Waals surface area contributed by atoms with Crippen LogP contribution in [0.5, 0.6) is 11.5 Å². The molecule has 2 N–H and O–H groups in total. The lowest BCUT2D eigenvalue weighted by atomic mass is 10.2. The van der Waals surface area contributed by atoms with Crippen molar-refractivity contribution in [2.24, 2.45) is 0 Å². The standard InChI is InChI=1S/C15H19N3O3/c1-11(12-9-16-17-10-12)18-15(19)7-8-21-14-5-3-13(20-2)4-6-14/h3-6,9-11H,7-8H2,1-2H3,(H,16,17)(H,18,19). The third kappa shape index (κ3) is 4.52. The van der Waals surface area contributed by atoms with Gasteiger partial charge in [0, 0.05) is 11.8 Å². The maximum absolute atomic E-state index is 11.8. The van der Waals surface area contributed by atoms with E-state index in [1.165, 1.54) is 0 Å². The molecule has 6 heteroatoms. The van der Waals surface area contributed by atoms with E-state index in [2.05, 4.69) is 15.5 Å². The van der Waals surface area contributed by atoms with Gasteiger partial charge in [-0.15, -0.1) is 0 Å². The number of amides is 1. The van der Waals surface area contributed by atoms with Gasteiger partial charge in [0.15, 0.2) is 0 Å². The van der Waals surface area contributed by atoms with Crippen LogP contribution < -0.4 is 14.8 Å². The summed E-state index contributed by atoms with van der Waals surface area (Å²) in [5.74, 6) is 1.43. The number of hydrogen-bond donors (Lipinski definition) is 2. The van der Waals surface area contributed by atoms with Gasteiger partial charge in [0.1, 0.15) is 11.5 Å². The Morgan fingerprint density at radius 2 is 2.05 bits per heavy atom. The highest BCUT2D eigenvalue weighted by atomic mass is 16.5. The maximum Gasteiger partial charge on any atom is 0.223 e. The number of rotatable bonds is 7. The van der Waals surface area contributed by atoms with Gasteiger partial charge in [0.2, 0.25) is 5.91 Å². The Kier molecular flexibility index (Phi) is 5.20. The highest BCUT2D eigenvalue weighted by Crippen LogP contribution is 2.17. The van der Waals surface area contributed by atoms with E-state index in [0.29, 0.717) is 18.8 Å². The normalized spacial score (nSPS) is 11.7. The Morgan fingerprint density at radius 3 is 2.67 bits per heavy atom. The Bertz CT molecular complexity index is 552. The molecule has 0 saturated carbocycles. The van der Waals surface area contributed by atoms with Crippen LogP contribution in [0.3, 0.4) is 0 Å². The molecular weight excluding hydrogens is 270 g/mol. The fraction of sp³-hybridized carbons (Fsp3) is 0.333. The highest BCUT2D eigenvalue weighted by molar-refractivity contribution is 5.76. The lowest BCUT2D eigenvalue weighted by Gasteiger charge is -2.12. The number of methoxy groups -OCH3 is 1. The minimum Gasteiger partial charge on any atom is -0.497 e. The number of benzene rings is 1. The van der Waals surface area contributed by atoms with Crippen molar-refractivity contribution in [2.45, 2.75) is 19.4 Å². The van der Waals surface area contributed by atoms with Gasteiger partial charge in [0.25, 0.3) is 0 Å². The molecule has 0 saturated heterocycles. The summed E-state index contributed by atoms with van der Waals surface area (Å²) < 4.78 is 10.6. The Balaban J connectivity index is 1.71. The monoisotopic (exact) mass is 289 g/mol. The Morgan fingerprint density at radius 1 is 1.33 bits per heavy atom. The minimum atomic E-state index is -0.0720. The molecule has 1 heterocycles. The summed E-state index contributed by atoms with van der Waals surface area (Å²) in [5, 5.41) is 9.46. The van der Waals surface area contributed by atoms with Crippen molar-refractivity contribution in [3.05, 3.63) is 42.2 Å². The predicted molar refractivity (Wildman–Crippen MR) is 78.3 cm³/mol.